The average Bonchev–Trinajstić information content (AvgIpc) is 2.63. The van der Waals surface area contributed by atoms with Gasteiger partial charge < -0.3 is 5.32 Å². The fourth-order valence-corrected chi connectivity index (χ4v) is 5.06. The summed E-state index contributed by atoms with van der Waals surface area (Å²) in [4.78, 5) is 6.18. The zero-order valence-corrected chi connectivity index (χ0v) is 12.8. The molecule has 0 amide bonds. The minimum atomic E-state index is 0.112. The molecule has 0 radical (unpaired) electrons. The largest absolute Gasteiger partial charge is 0.305 e. The van der Waals surface area contributed by atoms with Gasteiger partial charge in [-0.15, -0.1) is 11.3 Å². The van der Waals surface area contributed by atoms with Gasteiger partial charge in [0.15, 0.2) is 0 Å². The summed E-state index contributed by atoms with van der Waals surface area (Å²) in [6, 6.07) is 0. The molecule has 2 atom stereocenters. The minimum Gasteiger partial charge on any atom is -0.305 e. The summed E-state index contributed by atoms with van der Waals surface area (Å²) in [6.45, 7) is 9.86. The second kappa shape index (κ2) is 5.29. The third kappa shape index (κ3) is 2.40. The summed E-state index contributed by atoms with van der Waals surface area (Å²) >= 11 is 3.96. The van der Waals surface area contributed by atoms with Crippen molar-refractivity contribution >= 4 is 23.1 Å². The molecule has 1 saturated heterocycles. The summed E-state index contributed by atoms with van der Waals surface area (Å²) in [5, 5.41) is 5.64. The third-order valence-electron chi connectivity index (χ3n) is 3.68. The molecule has 17 heavy (non-hydrogen) atoms. The van der Waals surface area contributed by atoms with E-state index < -0.39 is 0 Å². The fraction of sp³-hybridized carbons (Fsp3) is 0.769. The average molecular weight is 270 g/mol. The van der Waals surface area contributed by atoms with Crippen molar-refractivity contribution in [1.82, 2.24) is 10.3 Å². The van der Waals surface area contributed by atoms with Gasteiger partial charge >= 0.3 is 0 Å². The van der Waals surface area contributed by atoms with Gasteiger partial charge in [-0.05, 0) is 39.0 Å². The first-order valence-electron chi connectivity index (χ1n) is 6.41. The van der Waals surface area contributed by atoms with E-state index in [9.17, 15) is 0 Å². The molecule has 2 unspecified atom stereocenters. The Balaban J connectivity index is 2.38. The van der Waals surface area contributed by atoms with Crippen LogP contribution in [0.4, 0.5) is 0 Å². The van der Waals surface area contributed by atoms with Crippen molar-refractivity contribution < 1.29 is 0 Å². The normalized spacial score (nSPS) is 29.5. The van der Waals surface area contributed by atoms with Gasteiger partial charge in [0.1, 0.15) is 5.01 Å². The molecule has 1 aromatic rings. The summed E-state index contributed by atoms with van der Waals surface area (Å²) in [7, 11) is 0. The molecule has 0 spiro atoms. The molecule has 1 N–H and O–H groups in total. The van der Waals surface area contributed by atoms with Crippen LogP contribution < -0.4 is 5.32 Å². The quantitative estimate of drug-likeness (QED) is 0.910. The predicted octanol–water partition coefficient (Wildman–Crippen LogP) is 3.48. The Morgan fingerprint density at radius 3 is 2.76 bits per heavy atom. The molecule has 0 aliphatic carbocycles. The number of nitrogens with one attached hydrogen (secondary N) is 1. The summed E-state index contributed by atoms with van der Waals surface area (Å²) in [5.41, 5.74) is 1.31. The van der Waals surface area contributed by atoms with Crippen LogP contribution in [0.2, 0.25) is 0 Å². The van der Waals surface area contributed by atoms with Crippen molar-refractivity contribution in [3.63, 3.8) is 0 Å². The van der Waals surface area contributed by atoms with Crippen LogP contribution >= 0.6 is 23.1 Å². The third-order valence-corrected chi connectivity index (χ3v) is 6.36. The van der Waals surface area contributed by atoms with Crippen LogP contribution in [0.5, 0.6) is 0 Å². The highest BCUT2D eigenvalue weighted by atomic mass is 32.2. The molecule has 96 valence electrons. The first-order chi connectivity index (χ1) is 8.10. The minimum absolute atomic E-state index is 0.112. The van der Waals surface area contributed by atoms with Gasteiger partial charge in [-0.1, -0.05) is 13.8 Å². The molecule has 2 heterocycles. The lowest BCUT2D eigenvalue weighted by Crippen LogP contribution is -2.51. The van der Waals surface area contributed by atoms with Gasteiger partial charge in [0.05, 0.1) is 11.2 Å². The molecule has 1 aliphatic rings. The lowest BCUT2D eigenvalue weighted by molar-refractivity contribution is 0.301. The molecule has 0 saturated carbocycles. The zero-order chi connectivity index (χ0) is 12.5. The van der Waals surface area contributed by atoms with Crippen LogP contribution in [0.15, 0.2) is 0 Å². The number of rotatable bonds is 3. The molecular formula is C13H22N2S2. The van der Waals surface area contributed by atoms with Crippen LogP contribution in [-0.4, -0.2) is 22.5 Å². The van der Waals surface area contributed by atoms with Crippen molar-refractivity contribution in [2.45, 2.75) is 51.3 Å². The maximum absolute atomic E-state index is 4.82. The summed E-state index contributed by atoms with van der Waals surface area (Å²) in [6.07, 6.45) is 2.51. The molecule has 1 aliphatic heterocycles. The maximum atomic E-state index is 4.82. The van der Waals surface area contributed by atoms with Crippen molar-refractivity contribution in [1.29, 1.82) is 0 Å². The highest BCUT2D eigenvalue weighted by molar-refractivity contribution is 8.00. The topological polar surface area (TPSA) is 24.9 Å². The highest BCUT2D eigenvalue weighted by Crippen LogP contribution is 2.43. The summed E-state index contributed by atoms with van der Waals surface area (Å²) in [5.74, 6) is 1.29. The van der Waals surface area contributed by atoms with Gasteiger partial charge in [0, 0.05) is 10.1 Å². The Morgan fingerprint density at radius 2 is 2.24 bits per heavy atom. The van der Waals surface area contributed by atoms with E-state index in [-0.39, 0.29) is 5.54 Å². The van der Waals surface area contributed by atoms with Gasteiger partial charge in [0.2, 0.25) is 0 Å². The maximum Gasteiger partial charge on any atom is 0.114 e. The van der Waals surface area contributed by atoms with E-state index in [1.165, 1.54) is 34.2 Å². The van der Waals surface area contributed by atoms with Crippen LogP contribution in [0.3, 0.4) is 0 Å². The molecule has 2 nitrogen and oxygen atoms in total. The Morgan fingerprint density at radius 1 is 1.47 bits per heavy atom. The second-order valence-electron chi connectivity index (χ2n) is 4.78. The molecule has 0 bridgehead atoms. The van der Waals surface area contributed by atoms with E-state index in [0.29, 0.717) is 5.25 Å². The van der Waals surface area contributed by atoms with Crippen LogP contribution in [0.25, 0.3) is 0 Å². The molecule has 1 fully saturated rings. The molecule has 1 aromatic heterocycles. The van der Waals surface area contributed by atoms with E-state index in [0.717, 1.165) is 6.54 Å². The van der Waals surface area contributed by atoms with Crippen LogP contribution in [-0.2, 0) is 5.54 Å². The molecular weight excluding hydrogens is 248 g/mol. The van der Waals surface area contributed by atoms with Gasteiger partial charge in [-0.25, -0.2) is 4.98 Å². The van der Waals surface area contributed by atoms with E-state index in [2.05, 4.69) is 44.8 Å². The number of thiazole rings is 1. The number of aromatic nitrogens is 1. The monoisotopic (exact) mass is 270 g/mol. The number of aryl methyl sites for hydroxylation is 2. The standard InChI is InChI=1S/C13H22N2S2/c1-5-14-13(7-6-8-16-11(13)4)12-15-9(2)10(3)17-12/h11,14H,5-8H2,1-4H3. The first kappa shape index (κ1) is 13.4. The fourth-order valence-electron chi connectivity index (χ4n) is 2.52. The van der Waals surface area contributed by atoms with E-state index in [1.807, 2.05) is 11.3 Å². The zero-order valence-electron chi connectivity index (χ0n) is 11.2. The van der Waals surface area contributed by atoms with E-state index in [1.54, 1.807) is 0 Å². The lowest BCUT2D eigenvalue weighted by atomic mass is 9.90. The SMILES string of the molecule is CCNC1(c2nc(C)c(C)s2)CCCSC1C. The van der Waals surface area contributed by atoms with Gasteiger partial charge in [0.25, 0.3) is 0 Å². The van der Waals surface area contributed by atoms with Gasteiger partial charge in [-0.3, -0.25) is 0 Å². The number of thioether (sulfide) groups is 1. The Hall–Kier alpha value is -0.0600. The van der Waals surface area contributed by atoms with Crippen molar-refractivity contribution in [2.75, 3.05) is 12.3 Å². The van der Waals surface area contributed by atoms with Gasteiger partial charge in [-0.2, -0.15) is 11.8 Å². The highest BCUT2D eigenvalue weighted by Gasteiger charge is 2.42. The molecule has 4 heteroatoms. The van der Waals surface area contributed by atoms with Crippen molar-refractivity contribution in [2.24, 2.45) is 0 Å². The van der Waals surface area contributed by atoms with Crippen molar-refractivity contribution in [3.8, 4) is 0 Å². The van der Waals surface area contributed by atoms with Crippen LogP contribution in [0, 0.1) is 13.8 Å². The lowest BCUT2D eigenvalue weighted by Gasteiger charge is -2.41. The Labute approximate surface area is 113 Å². The smallest absolute Gasteiger partial charge is 0.114 e. The van der Waals surface area contributed by atoms with E-state index >= 15 is 0 Å². The summed E-state index contributed by atoms with van der Waals surface area (Å²) < 4.78 is 0. The number of hydrogen-bond acceptors (Lipinski definition) is 4. The Bertz CT molecular complexity index is 365. The van der Waals surface area contributed by atoms with E-state index in [4.69, 9.17) is 4.98 Å². The number of nitrogens with zero attached hydrogens (tertiary/aromatic N) is 1. The number of hydrogen-bond donors (Lipinski definition) is 1. The molecule has 2 rings (SSSR count). The van der Waals surface area contributed by atoms with Crippen molar-refractivity contribution in [3.05, 3.63) is 15.6 Å². The first-order valence-corrected chi connectivity index (χ1v) is 8.28. The predicted molar refractivity (Wildman–Crippen MR) is 78.1 cm³/mol. The Kier molecular flexibility index (Phi) is 4.16. The van der Waals surface area contributed by atoms with Crippen LogP contribution in [0.1, 0.15) is 42.3 Å². The molecule has 0 aromatic carbocycles. The second-order valence-corrected chi connectivity index (χ2v) is 7.43.